The molecule has 0 N–H and O–H groups in total. The van der Waals surface area contributed by atoms with Crippen LogP contribution in [0.15, 0.2) is 0 Å². The van der Waals surface area contributed by atoms with Crippen LogP contribution in [0.2, 0.25) is 0 Å². The summed E-state index contributed by atoms with van der Waals surface area (Å²) in [4.78, 5) is 0. The van der Waals surface area contributed by atoms with E-state index in [1.54, 1.807) is 4.67 Å². The van der Waals surface area contributed by atoms with Crippen molar-refractivity contribution in [3.05, 3.63) is 0 Å². The van der Waals surface area contributed by atoms with E-state index in [9.17, 15) is 0 Å². The van der Waals surface area contributed by atoms with E-state index in [0.717, 1.165) is 6.42 Å². The molecule has 5 nitrogen and oxygen atoms in total. The van der Waals surface area contributed by atoms with Crippen molar-refractivity contribution in [2.75, 3.05) is 39.5 Å². The van der Waals surface area contributed by atoms with Gasteiger partial charge in [-0.2, -0.15) is 0 Å². The fourth-order valence-corrected chi connectivity index (χ4v) is 7.72. The molecule has 1 rings (SSSR count). The Bertz CT molecular complexity index is 487. The summed E-state index contributed by atoms with van der Waals surface area (Å²) in [6.07, 6.45) is 2.33. The molecular weight excluding hydrogens is 691 g/mol. The third-order valence-corrected chi connectivity index (χ3v) is 8.45. The second-order valence-electron chi connectivity index (χ2n) is 6.34. The van der Waals surface area contributed by atoms with Gasteiger partial charge in [0, 0.05) is 0 Å². The molecule has 1 aliphatic rings. The molecule has 0 aliphatic carbocycles. The molecule has 0 bridgehead atoms. The van der Waals surface area contributed by atoms with Gasteiger partial charge >= 0.3 is 244 Å². The van der Waals surface area contributed by atoms with Crippen LogP contribution in [0.3, 0.4) is 0 Å². The van der Waals surface area contributed by atoms with Gasteiger partial charge in [-0.1, -0.05) is 0 Å². The molecule has 1 heterocycles. The molecule has 31 heavy (non-hydrogen) atoms. The molecular formula is C13H18Cl12NO4P. The molecule has 1 aliphatic heterocycles. The predicted octanol–water partition coefficient (Wildman–Crippen LogP) is 9.15. The SMILES string of the molecule is ClC(Cl)(Cl)COP(OCC(Cl)(Cl)Cl)(OCC(Cl)(Cl)Cl)(OCC(Cl)(Cl)Cl)N1CCCCC1. The molecule has 0 saturated carbocycles. The summed E-state index contributed by atoms with van der Waals surface area (Å²) in [5, 5.41) is 0. The van der Waals surface area contributed by atoms with Crippen molar-refractivity contribution in [3.8, 4) is 0 Å². The van der Waals surface area contributed by atoms with E-state index < -0.39 is 49.3 Å². The summed E-state index contributed by atoms with van der Waals surface area (Å²) in [6.45, 7) is -1.59. The molecule has 0 unspecified atom stereocenters. The number of hydrogen-bond acceptors (Lipinski definition) is 5. The zero-order valence-electron chi connectivity index (χ0n) is 15.4. The van der Waals surface area contributed by atoms with Gasteiger partial charge in [-0.15, -0.1) is 0 Å². The van der Waals surface area contributed by atoms with Crippen molar-refractivity contribution in [1.29, 1.82) is 0 Å². The average Bonchev–Trinajstić information content (AvgIpc) is 2.59. The van der Waals surface area contributed by atoms with Crippen LogP contribution in [0.4, 0.5) is 0 Å². The first-order chi connectivity index (χ1) is 13.8. The van der Waals surface area contributed by atoms with E-state index in [2.05, 4.69) is 0 Å². The van der Waals surface area contributed by atoms with Crippen molar-refractivity contribution in [2.45, 2.75) is 34.4 Å². The Morgan fingerprint density at radius 3 is 0.968 bits per heavy atom. The van der Waals surface area contributed by atoms with Gasteiger partial charge in [0.2, 0.25) is 0 Å². The molecule has 1 saturated heterocycles. The molecule has 0 atom stereocenters. The average molecular weight is 709 g/mol. The molecule has 18 heteroatoms. The number of rotatable bonds is 9. The summed E-state index contributed by atoms with van der Waals surface area (Å²) in [7, 11) is -5.08. The number of hydrogen-bond donors (Lipinski definition) is 0. The third kappa shape index (κ3) is 12.7. The van der Waals surface area contributed by atoms with Gasteiger partial charge in [-0.3, -0.25) is 0 Å². The minimum atomic E-state index is -5.08. The Labute approximate surface area is 241 Å². The minimum absolute atomic E-state index is 0.358. The van der Waals surface area contributed by atoms with Crippen molar-refractivity contribution in [2.24, 2.45) is 0 Å². The van der Waals surface area contributed by atoms with Crippen LogP contribution >= 0.6 is 147 Å². The summed E-state index contributed by atoms with van der Waals surface area (Å²) >= 11 is 71.0. The fourth-order valence-electron chi connectivity index (χ4n) is 2.48. The van der Waals surface area contributed by atoms with Crippen LogP contribution < -0.4 is 0 Å². The quantitative estimate of drug-likeness (QED) is 0.177. The number of nitrogens with zero attached hydrogens (tertiary/aromatic N) is 1. The van der Waals surface area contributed by atoms with Crippen LogP contribution in [-0.4, -0.2) is 59.4 Å². The maximum atomic E-state index is 5.97. The fraction of sp³-hybridized carbons (Fsp3) is 1.00. The molecule has 188 valence electrons. The summed E-state index contributed by atoms with van der Waals surface area (Å²) in [6, 6.07) is 0. The zero-order valence-corrected chi connectivity index (χ0v) is 25.4. The monoisotopic (exact) mass is 703 g/mol. The van der Waals surface area contributed by atoms with Gasteiger partial charge in [0.1, 0.15) is 0 Å². The van der Waals surface area contributed by atoms with E-state index in [1.807, 2.05) is 0 Å². The normalized spacial score (nSPS) is 19.3. The Morgan fingerprint density at radius 1 is 0.484 bits per heavy atom. The van der Waals surface area contributed by atoms with Crippen LogP contribution in [-0.2, 0) is 18.1 Å². The zero-order chi connectivity index (χ0) is 24.2. The Morgan fingerprint density at radius 2 is 0.742 bits per heavy atom. The van der Waals surface area contributed by atoms with Gasteiger partial charge in [-0.25, -0.2) is 0 Å². The van der Waals surface area contributed by atoms with Gasteiger partial charge in [0.15, 0.2) is 0 Å². The summed E-state index contributed by atoms with van der Waals surface area (Å²) < 4.78 is 17.8. The van der Waals surface area contributed by atoms with E-state index in [-0.39, 0.29) is 0 Å². The van der Waals surface area contributed by atoms with E-state index in [0.29, 0.717) is 25.9 Å². The Hall–Kier alpha value is 3.71. The van der Waals surface area contributed by atoms with Crippen molar-refractivity contribution < 1.29 is 18.1 Å². The molecule has 0 amide bonds. The molecule has 0 aromatic rings. The topological polar surface area (TPSA) is 40.2 Å². The van der Waals surface area contributed by atoms with Crippen LogP contribution in [0.5, 0.6) is 0 Å². The molecule has 0 aromatic heterocycles. The predicted molar refractivity (Wildman–Crippen MR) is 137 cm³/mol. The first-order valence-corrected chi connectivity index (χ1v) is 14.8. The van der Waals surface area contributed by atoms with Crippen LogP contribution in [0, 0.1) is 0 Å². The standard InChI is InChI=1S/C13H18Cl12NO4P/c14-10(15,16)6-27-31(28-7-11(17,18)19,29-8-12(20,21)22,30-9-13(23,24)25)26-4-2-1-3-5-26/h1-9H2. The third-order valence-electron chi connectivity index (χ3n) is 3.57. The maximum absolute atomic E-state index is 5.97. The Kier molecular flexibility index (Phi) is 13.2. The van der Waals surface area contributed by atoms with Gasteiger partial charge in [0.05, 0.1) is 0 Å². The molecule has 0 spiro atoms. The van der Waals surface area contributed by atoms with Gasteiger partial charge < -0.3 is 0 Å². The molecule has 0 aromatic carbocycles. The summed E-state index contributed by atoms with van der Waals surface area (Å²) in [5.41, 5.74) is 0. The van der Waals surface area contributed by atoms with E-state index >= 15 is 0 Å². The second kappa shape index (κ2) is 12.5. The van der Waals surface area contributed by atoms with Gasteiger partial charge in [0.25, 0.3) is 0 Å². The summed E-state index contributed by atoms with van der Waals surface area (Å²) in [5.74, 6) is 0. The van der Waals surface area contributed by atoms with Crippen molar-refractivity contribution >= 4 is 147 Å². The molecule has 0 radical (unpaired) electrons. The van der Waals surface area contributed by atoms with Crippen molar-refractivity contribution in [1.82, 2.24) is 4.67 Å². The van der Waals surface area contributed by atoms with Crippen LogP contribution in [0.1, 0.15) is 19.3 Å². The van der Waals surface area contributed by atoms with Crippen molar-refractivity contribution in [3.63, 3.8) is 0 Å². The number of piperidine rings is 1. The first kappa shape index (κ1) is 32.7. The number of halogens is 12. The van der Waals surface area contributed by atoms with Gasteiger partial charge in [-0.05, 0) is 0 Å². The van der Waals surface area contributed by atoms with E-state index in [4.69, 9.17) is 157 Å². The van der Waals surface area contributed by atoms with Crippen LogP contribution in [0.25, 0.3) is 0 Å². The first-order valence-electron chi connectivity index (χ1n) is 8.40. The number of alkyl halides is 12. The Balaban J connectivity index is 3.59. The van der Waals surface area contributed by atoms with E-state index in [1.165, 1.54) is 0 Å². The molecule has 1 fully saturated rings. The second-order valence-corrected chi connectivity index (χ2v) is 19.6.